The first-order chi connectivity index (χ1) is 8.25. The first kappa shape index (κ1) is 12.4. The van der Waals surface area contributed by atoms with Gasteiger partial charge in [0.25, 0.3) is 0 Å². The number of nitrogens with zero attached hydrogens (tertiary/aromatic N) is 2. The minimum atomic E-state index is -0.325. The monoisotopic (exact) mass is 239 g/mol. The van der Waals surface area contributed by atoms with E-state index in [9.17, 15) is 4.39 Å². The van der Waals surface area contributed by atoms with E-state index in [2.05, 4.69) is 9.88 Å². The lowest BCUT2D eigenvalue weighted by Gasteiger charge is -2.27. The Balaban J connectivity index is 1.80. The van der Waals surface area contributed by atoms with Crippen LogP contribution in [0.15, 0.2) is 18.3 Å². The highest BCUT2D eigenvalue weighted by Gasteiger charge is 2.13. The third-order valence-corrected chi connectivity index (χ3v) is 2.99. The lowest BCUT2D eigenvalue weighted by Crippen LogP contribution is -2.37. The standard InChI is InChI=1S/C12H18FN3O/c13-10-1-2-12(15-9-10)11(14)3-4-16-5-7-17-8-6-16/h1-2,9,11H,3-8,14H2. The smallest absolute Gasteiger partial charge is 0.141 e. The fourth-order valence-corrected chi connectivity index (χ4v) is 1.90. The maximum Gasteiger partial charge on any atom is 0.141 e. The molecule has 0 amide bonds. The Hall–Kier alpha value is -1.04. The SMILES string of the molecule is NC(CCN1CCOCC1)c1ccc(F)cn1. The molecule has 17 heavy (non-hydrogen) atoms. The molecule has 1 saturated heterocycles. The van der Waals surface area contributed by atoms with Gasteiger partial charge in [-0.3, -0.25) is 9.88 Å². The van der Waals surface area contributed by atoms with Crippen LogP contribution in [0.4, 0.5) is 4.39 Å². The van der Waals surface area contributed by atoms with Gasteiger partial charge in [-0.05, 0) is 18.6 Å². The van der Waals surface area contributed by atoms with E-state index in [1.165, 1.54) is 12.3 Å². The second-order valence-electron chi connectivity index (χ2n) is 4.25. The summed E-state index contributed by atoms with van der Waals surface area (Å²) in [6, 6.07) is 2.93. The lowest BCUT2D eigenvalue weighted by atomic mass is 10.1. The van der Waals surface area contributed by atoms with E-state index < -0.39 is 0 Å². The first-order valence-electron chi connectivity index (χ1n) is 5.93. The second-order valence-corrected chi connectivity index (χ2v) is 4.25. The number of morpholine rings is 1. The molecule has 1 atom stereocenters. The van der Waals surface area contributed by atoms with E-state index >= 15 is 0 Å². The van der Waals surface area contributed by atoms with Gasteiger partial charge in [0.05, 0.1) is 25.1 Å². The highest BCUT2D eigenvalue weighted by Crippen LogP contribution is 2.12. The zero-order chi connectivity index (χ0) is 12.1. The molecule has 94 valence electrons. The van der Waals surface area contributed by atoms with Crippen LogP contribution in [0.3, 0.4) is 0 Å². The number of aromatic nitrogens is 1. The zero-order valence-corrected chi connectivity index (χ0v) is 9.81. The summed E-state index contributed by atoms with van der Waals surface area (Å²) in [6.07, 6.45) is 2.04. The summed E-state index contributed by atoms with van der Waals surface area (Å²) < 4.78 is 18.0. The van der Waals surface area contributed by atoms with Crippen molar-refractivity contribution in [2.75, 3.05) is 32.8 Å². The fourth-order valence-electron chi connectivity index (χ4n) is 1.90. The molecule has 1 aromatic heterocycles. The minimum absolute atomic E-state index is 0.126. The van der Waals surface area contributed by atoms with Crippen LogP contribution in [0.1, 0.15) is 18.2 Å². The Morgan fingerprint density at radius 2 is 2.18 bits per heavy atom. The Bertz CT molecular complexity index is 338. The van der Waals surface area contributed by atoms with Crippen LogP contribution in [0, 0.1) is 5.82 Å². The van der Waals surface area contributed by atoms with Gasteiger partial charge in [0.15, 0.2) is 0 Å². The molecular weight excluding hydrogens is 221 g/mol. The molecule has 2 rings (SSSR count). The average Bonchev–Trinajstić information content (AvgIpc) is 2.38. The third-order valence-electron chi connectivity index (χ3n) is 2.99. The molecule has 0 radical (unpaired) electrons. The van der Waals surface area contributed by atoms with Crippen molar-refractivity contribution in [3.8, 4) is 0 Å². The molecular formula is C12H18FN3O. The van der Waals surface area contributed by atoms with Crippen molar-refractivity contribution in [3.05, 3.63) is 29.8 Å². The van der Waals surface area contributed by atoms with Crippen LogP contribution in [-0.4, -0.2) is 42.7 Å². The van der Waals surface area contributed by atoms with E-state index in [1.807, 2.05) is 0 Å². The van der Waals surface area contributed by atoms with Crippen molar-refractivity contribution in [3.63, 3.8) is 0 Å². The normalized spacial score (nSPS) is 19.2. The van der Waals surface area contributed by atoms with Crippen molar-refractivity contribution in [1.82, 2.24) is 9.88 Å². The number of hydrogen-bond acceptors (Lipinski definition) is 4. The number of nitrogens with two attached hydrogens (primary N) is 1. The molecule has 4 nitrogen and oxygen atoms in total. The summed E-state index contributed by atoms with van der Waals surface area (Å²) in [5.74, 6) is -0.325. The van der Waals surface area contributed by atoms with Crippen molar-refractivity contribution in [2.45, 2.75) is 12.5 Å². The first-order valence-corrected chi connectivity index (χ1v) is 5.93. The Morgan fingerprint density at radius 3 is 2.82 bits per heavy atom. The summed E-state index contributed by atoms with van der Waals surface area (Å²) in [5.41, 5.74) is 6.77. The maximum absolute atomic E-state index is 12.7. The summed E-state index contributed by atoms with van der Waals surface area (Å²) in [5, 5.41) is 0. The highest BCUT2D eigenvalue weighted by atomic mass is 19.1. The summed E-state index contributed by atoms with van der Waals surface area (Å²) in [7, 11) is 0. The molecule has 5 heteroatoms. The predicted molar refractivity (Wildman–Crippen MR) is 63.0 cm³/mol. The van der Waals surface area contributed by atoms with E-state index in [4.69, 9.17) is 10.5 Å². The molecule has 0 saturated carbocycles. The molecule has 1 fully saturated rings. The van der Waals surface area contributed by atoms with Crippen LogP contribution in [-0.2, 0) is 4.74 Å². The minimum Gasteiger partial charge on any atom is -0.379 e. The molecule has 0 bridgehead atoms. The van der Waals surface area contributed by atoms with Gasteiger partial charge in [-0.1, -0.05) is 0 Å². The van der Waals surface area contributed by atoms with Crippen molar-refractivity contribution in [2.24, 2.45) is 5.73 Å². The Labute approximate surface area is 101 Å². The number of halogens is 1. The van der Waals surface area contributed by atoms with E-state index in [0.717, 1.165) is 45.0 Å². The van der Waals surface area contributed by atoms with Crippen molar-refractivity contribution >= 4 is 0 Å². The summed E-state index contributed by atoms with van der Waals surface area (Å²) >= 11 is 0. The Kier molecular flexibility index (Phi) is 4.42. The van der Waals surface area contributed by atoms with E-state index in [0.29, 0.717) is 0 Å². The van der Waals surface area contributed by atoms with Gasteiger partial charge < -0.3 is 10.5 Å². The van der Waals surface area contributed by atoms with Crippen LogP contribution in [0.2, 0.25) is 0 Å². The molecule has 1 aromatic rings. The largest absolute Gasteiger partial charge is 0.379 e. The lowest BCUT2D eigenvalue weighted by molar-refractivity contribution is 0.0366. The quantitative estimate of drug-likeness (QED) is 0.849. The van der Waals surface area contributed by atoms with Gasteiger partial charge in [0.1, 0.15) is 5.82 Å². The topological polar surface area (TPSA) is 51.4 Å². The fraction of sp³-hybridized carbons (Fsp3) is 0.583. The van der Waals surface area contributed by atoms with Gasteiger partial charge in [0.2, 0.25) is 0 Å². The molecule has 2 N–H and O–H groups in total. The number of ether oxygens (including phenoxy) is 1. The van der Waals surface area contributed by atoms with Crippen molar-refractivity contribution < 1.29 is 9.13 Å². The molecule has 2 heterocycles. The highest BCUT2D eigenvalue weighted by molar-refractivity contribution is 5.09. The molecule has 0 spiro atoms. The van der Waals surface area contributed by atoms with E-state index in [1.54, 1.807) is 6.07 Å². The third kappa shape index (κ3) is 3.73. The molecule has 1 aliphatic heterocycles. The summed E-state index contributed by atoms with van der Waals surface area (Å²) in [4.78, 5) is 6.33. The molecule has 0 aliphatic carbocycles. The van der Waals surface area contributed by atoms with Crippen LogP contribution in [0.5, 0.6) is 0 Å². The zero-order valence-electron chi connectivity index (χ0n) is 9.81. The van der Waals surface area contributed by atoms with Crippen LogP contribution >= 0.6 is 0 Å². The molecule has 1 aliphatic rings. The number of rotatable bonds is 4. The van der Waals surface area contributed by atoms with E-state index in [-0.39, 0.29) is 11.9 Å². The number of hydrogen-bond donors (Lipinski definition) is 1. The molecule has 0 aromatic carbocycles. The average molecular weight is 239 g/mol. The van der Waals surface area contributed by atoms with Crippen LogP contribution in [0.25, 0.3) is 0 Å². The van der Waals surface area contributed by atoms with Gasteiger partial charge in [0, 0.05) is 25.7 Å². The predicted octanol–water partition coefficient (Wildman–Crippen LogP) is 0.943. The maximum atomic E-state index is 12.7. The number of pyridine rings is 1. The van der Waals surface area contributed by atoms with Gasteiger partial charge in [-0.2, -0.15) is 0 Å². The Morgan fingerprint density at radius 1 is 1.41 bits per heavy atom. The second kappa shape index (κ2) is 6.05. The summed E-state index contributed by atoms with van der Waals surface area (Å²) in [6.45, 7) is 4.45. The van der Waals surface area contributed by atoms with Gasteiger partial charge >= 0.3 is 0 Å². The molecule has 1 unspecified atom stereocenters. The van der Waals surface area contributed by atoms with Gasteiger partial charge in [-0.25, -0.2) is 4.39 Å². The van der Waals surface area contributed by atoms with Crippen LogP contribution < -0.4 is 5.73 Å². The van der Waals surface area contributed by atoms with Gasteiger partial charge in [-0.15, -0.1) is 0 Å². The van der Waals surface area contributed by atoms with Crippen molar-refractivity contribution in [1.29, 1.82) is 0 Å².